The Bertz CT molecular complexity index is 1070. The molecule has 0 spiro atoms. The van der Waals surface area contributed by atoms with Crippen LogP contribution in [0.15, 0.2) is 59.1 Å². The number of nitrogens with zero attached hydrogens (tertiary/aromatic N) is 1. The molecule has 4 rings (SSSR count). The molecule has 0 aliphatic carbocycles. The maximum Gasteiger partial charge on any atom is 0.319 e. The molecule has 3 atom stereocenters. The van der Waals surface area contributed by atoms with Crippen LogP contribution < -0.4 is 15.4 Å². The van der Waals surface area contributed by atoms with Gasteiger partial charge >= 0.3 is 6.03 Å². The van der Waals surface area contributed by atoms with Crippen LogP contribution in [0.3, 0.4) is 0 Å². The Hall–Kier alpha value is -3.43. The summed E-state index contributed by atoms with van der Waals surface area (Å²) in [6.45, 7) is 0.160. The molecule has 3 aromatic rings. The summed E-state index contributed by atoms with van der Waals surface area (Å²) in [5, 5.41) is 19.9. The number of aliphatic hydroxyl groups excluding tert-OH is 1. The fourth-order valence-electron chi connectivity index (χ4n) is 3.74. The zero-order valence-corrected chi connectivity index (χ0v) is 18.2. The number of benzene rings is 2. The molecule has 1 saturated heterocycles. The number of carbonyl (C=O) groups is 1. The summed E-state index contributed by atoms with van der Waals surface area (Å²) in [6, 6.07) is 14.4. The third-order valence-electron chi connectivity index (χ3n) is 5.50. The average molecular weight is 455 g/mol. The van der Waals surface area contributed by atoms with Gasteiger partial charge in [-0.3, -0.25) is 0 Å². The lowest BCUT2D eigenvalue weighted by atomic mass is 9.98. The van der Waals surface area contributed by atoms with E-state index in [1.807, 2.05) is 0 Å². The number of hydrogen-bond acceptors (Lipinski definition) is 6. The Kier molecular flexibility index (Phi) is 7.21. The predicted octanol–water partition coefficient (Wildman–Crippen LogP) is 3.76. The fourth-order valence-corrected chi connectivity index (χ4v) is 3.74. The molecule has 1 aliphatic rings. The first kappa shape index (κ1) is 22.8. The lowest BCUT2D eigenvalue weighted by Gasteiger charge is -2.33. The SMILES string of the molecule is COc1cccc(NC(=O)NCC2OC(Cc3cc(-c4ccc(F)cc4)on3)CCC2O)c1. The van der Waals surface area contributed by atoms with E-state index in [1.54, 1.807) is 49.6 Å². The number of hydrogen-bond donors (Lipinski definition) is 3. The van der Waals surface area contributed by atoms with Crippen molar-refractivity contribution in [2.24, 2.45) is 0 Å². The lowest BCUT2D eigenvalue weighted by molar-refractivity contribution is -0.113. The standard InChI is InChI=1S/C24H26FN3O5/c1-31-19-4-2-3-17(11-19)27-24(30)26-14-23-21(29)10-9-20(32-23)12-18-13-22(33-28-18)15-5-7-16(25)8-6-15/h2-8,11,13,20-21,23,29H,9-10,12,14H2,1H3,(H2,26,27,30). The third-order valence-corrected chi connectivity index (χ3v) is 5.50. The molecule has 2 heterocycles. The highest BCUT2D eigenvalue weighted by molar-refractivity contribution is 5.89. The molecule has 3 unspecified atom stereocenters. The van der Waals surface area contributed by atoms with E-state index in [2.05, 4.69) is 15.8 Å². The fraction of sp³-hybridized carbons (Fsp3) is 0.333. The van der Waals surface area contributed by atoms with Gasteiger partial charge in [-0.1, -0.05) is 11.2 Å². The Morgan fingerprint density at radius 3 is 2.82 bits per heavy atom. The molecule has 0 saturated carbocycles. The molecule has 2 amide bonds. The van der Waals surface area contributed by atoms with Gasteiger partial charge in [-0.05, 0) is 49.2 Å². The van der Waals surface area contributed by atoms with Crippen LogP contribution in [-0.4, -0.2) is 48.3 Å². The van der Waals surface area contributed by atoms with Crippen LogP contribution in [0.4, 0.5) is 14.9 Å². The third kappa shape index (κ3) is 6.09. The van der Waals surface area contributed by atoms with Gasteiger partial charge in [-0.2, -0.15) is 0 Å². The van der Waals surface area contributed by atoms with Gasteiger partial charge in [-0.25, -0.2) is 9.18 Å². The average Bonchev–Trinajstić information content (AvgIpc) is 3.28. The zero-order valence-electron chi connectivity index (χ0n) is 18.2. The van der Waals surface area contributed by atoms with Gasteiger partial charge in [0.2, 0.25) is 0 Å². The van der Waals surface area contributed by atoms with E-state index in [0.29, 0.717) is 42.2 Å². The number of urea groups is 1. The van der Waals surface area contributed by atoms with Crippen LogP contribution in [0.2, 0.25) is 0 Å². The van der Waals surface area contributed by atoms with Crippen LogP contribution >= 0.6 is 0 Å². The normalized spacial score (nSPS) is 20.3. The van der Waals surface area contributed by atoms with Crippen LogP contribution in [0, 0.1) is 5.82 Å². The summed E-state index contributed by atoms with van der Waals surface area (Å²) in [6.07, 6.45) is 0.328. The van der Waals surface area contributed by atoms with Crippen LogP contribution in [0.1, 0.15) is 18.5 Å². The summed E-state index contributed by atoms with van der Waals surface area (Å²) < 4.78 is 29.7. The minimum Gasteiger partial charge on any atom is -0.497 e. The van der Waals surface area contributed by atoms with E-state index in [0.717, 1.165) is 5.56 Å². The Morgan fingerprint density at radius 2 is 2.03 bits per heavy atom. The van der Waals surface area contributed by atoms with E-state index in [4.69, 9.17) is 14.0 Å². The Labute approximate surface area is 190 Å². The van der Waals surface area contributed by atoms with Crippen LogP contribution in [-0.2, 0) is 11.2 Å². The quantitative estimate of drug-likeness (QED) is 0.501. The topological polar surface area (TPSA) is 106 Å². The monoisotopic (exact) mass is 455 g/mol. The smallest absolute Gasteiger partial charge is 0.319 e. The number of amides is 2. The number of aromatic nitrogens is 1. The minimum atomic E-state index is -0.676. The molecule has 1 aromatic heterocycles. The molecule has 8 nitrogen and oxygen atoms in total. The van der Waals surface area contributed by atoms with Crippen molar-refractivity contribution in [1.29, 1.82) is 0 Å². The molecule has 1 aliphatic heterocycles. The van der Waals surface area contributed by atoms with Crippen molar-refractivity contribution in [2.45, 2.75) is 37.6 Å². The molecule has 1 fully saturated rings. The summed E-state index contributed by atoms with van der Waals surface area (Å²) in [5.74, 6) is 0.870. The number of ether oxygens (including phenoxy) is 2. The summed E-state index contributed by atoms with van der Waals surface area (Å²) >= 11 is 0. The van der Waals surface area contributed by atoms with Gasteiger partial charge in [0.25, 0.3) is 0 Å². The number of methoxy groups -OCH3 is 1. The molecule has 174 valence electrons. The number of aliphatic hydroxyl groups is 1. The van der Waals surface area contributed by atoms with E-state index in [1.165, 1.54) is 12.1 Å². The molecule has 3 N–H and O–H groups in total. The van der Waals surface area contributed by atoms with Crippen molar-refractivity contribution in [3.05, 3.63) is 66.1 Å². The van der Waals surface area contributed by atoms with Gasteiger partial charge in [0.05, 0.1) is 25.0 Å². The minimum absolute atomic E-state index is 0.160. The second-order valence-corrected chi connectivity index (χ2v) is 7.90. The molecule has 0 radical (unpaired) electrons. The number of anilines is 1. The Morgan fingerprint density at radius 1 is 1.21 bits per heavy atom. The zero-order chi connectivity index (χ0) is 23.2. The van der Waals surface area contributed by atoms with Crippen molar-refractivity contribution >= 4 is 11.7 Å². The van der Waals surface area contributed by atoms with E-state index < -0.39 is 18.2 Å². The highest BCUT2D eigenvalue weighted by Crippen LogP contribution is 2.25. The van der Waals surface area contributed by atoms with E-state index in [9.17, 15) is 14.3 Å². The first-order valence-electron chi connectivity index (χ1n) is 10.7. The lowest BCUT2D eigenvalue weighted by Crippen LogP contribution is -2.47. The van der Waals surface area contributed by atoms with E-state index >= 15 is 0 Å². The molecule has 33 heavy (non-hydrogen) atoms. The number of nitrogens with one attached hydrogen (secondary N) is 2. The van der Waals surface area contributed by atoms with Crippen molar-refractivity contribution in [3.63, 3.8) is 0 Å². The molecule has 0 bridgehead atoms. The van der Waals surface area contributed by atoms with E-state index in [-0.39, 0.29) is 18.5 Å². The van der Waals surface area contributed by atoms with Gasteiger partial charge in [0.1, 0.15) is 17.7 Å². The summed E-state index contributed by atoms with van der Waals surface area (Å²) in [5.41, 5.74) is 2.04. The molecule has 2 aromatic carbocycles. The molecular weight excluding hydrogens is 429 g/mol. The van der Waals surface area contributed by atoms with Crippen molar-refractivity contribution < 1.29 is 28.3 Å². The highest BCUT2D eigenvalue weighted by atomic mass is 19.1. The van der Waals surface area contributed by atoms with Crippen molar-refractivity contribution in [1.82, 2.24) is 10.5 Å². The van der Waals surface area contributed by atoms with Gasteiger partial charge in [0.15, 0.2) is 5.76 Å². The van der Waals surface area contributed by atoms with Crippen molar-refractivity contribution in [3.8, 4) is 17.1 Å². The second kappa shape index (κ2) is 10.5. The number of rotatable bonds is 7. The van der Waals surface area contributed by atoms with Gasteiger partial charge in [-0.15, -0.1) is 0 Å². The van der Waals surface area contributed by atoms with Gasteiger partial charge < -0.3 is 29.7 Å². The van der Waals surface area contributed by atoms with Crippen LogP contribution in [0.25, 0.3) is 11.3 Å². The first-order valence-corrected chi connectivity index (χ1v) is 10.7. The second-order valence-electron chi connectivity index (χ2n) is 7.90. The van der Waals surface area contributed by atoms with Crippen LogP contribution in [0.5, 0.6) is 5.75 Å². The first-order chi connectivity index (χ1) is 16.0. The summed E-state index contributed by atoms with van der Waals surface area (Å²) in [4.78, 5) is 12.2. The largest absolute Gasteiger partial charge is 0.497 e. The maximum absolute atomic E-state index is 13.1. The number of halogens is 1. The van der Waals surface area contributed by atoms with Crippen molar-refractivity contribution in [2.75, 3.05) is 19.0 Å². The Balaban J connectivity index is 1.29. The molecular formula is C24H26FN3O5. The maximum atomic E-state index is 13.1. The highest BCUT2D eigenvalue weighted by Gasteiger charge is 2.31. The van der Waals surface area contributed by atoms with Gasteiger partial charge in [0, 0.05) is 36.3 Å². The summed E-state index contributed by atoms with van der Waals surface area (Å²) in [7, 11) is 1.56. The molecule has 9 heteroatoms. The number of carbonyl (C=O) groups excluding carboxylic acids is 1. The predicted molar refractivity (Wildman–Crippen MR) is 120 cm³/mol.